The van der Waals surface area contributed by atoms with Crippen molar-refractivity contribution in [2.75, 3.05) is 6.54 Å². The van der Waals surface area contributed by atoms with E-state index >= 15 is 0 Å². The largest absolute Gasteiger partial charge is 0.330 e. The Hall–Kier alpha value is 0.250. The van der Waals surface area contributed by atoms with Crippen LogP contribution in [0.1, 0.15) is 20.3 Å². The van der Waals surface area contributed by atoms with Crippen molar-refractivity contribution in [3.05, 3.63) is 0 Å². The molecule has 1 nitrogen and oxygen atoms in total. The summed E-state index contributed by atoms with van der Waals surface area (Å²) in [6.45, 7) is 4.85. The molecule has 0 heterocycles. The molecule has 0 rings (SSSR count). The fourth-order valence-corrected chi connectivity index (χ4v) is 0.955. The van der Waals surface area contributed by atoms with Crippen LogP contribution in [0.25, 0.3) is 0 Å². The summed E-state index contributed by atoms with van der Waals surface area (Å²) in [6.07, 6.45) is 1.03. The van der Waals surface area contributed by atoms with E-state index in [1.165, 1.54) is 0 Å². The molecule has 0 saturated carbocycles. The third kappa shape index (κ3) is 4.41. The van der Waals surface area contributed by atoms with Gasteiger partial charge in [0, 0.05) is 5.38 Å². The van der Waals surface area contributed by atoms with Gasteiger partial charge in [0.05, 0.1) is 0 Å². The highest BCUT2D eigenvalue weighted by molar-refractivity contribution is 6.20. The standard InChI is InChI=1S/C6H14ClN/c1-5(4-8)3-6(2)7/h5-6H,3-4,8H2,1-2H3. The van der Waals surface area contributed by atoms with Crippen LogP contribution >= 0.6 is 11.6 Å². The number of halogens is 1. The first-order valence-electron chi connectivity index (χ1n) is 3.01. The van der Waals surface area contributed by atoms with Gasteiger partial charge in [0.1, 0.15) is 0 Å². The van der Waals surface area contributed by atoms with E-state index in [4.69, 9.17) is 17.3 Å². The van der Waals surface area contributed by atoms with Gasteiger partial charge in [-0.1, -0.05) is 6.92 Å². The molecule has 0 aromatic carbocycles. The molecule has 0 spiro atoms. The summed E-state index contributed by atoms with van der Waals surface area (Å²) in [5.41, 5.74) is 5.36. The molecule has 0 aliphatic carbocycles. The summed E-state index contributed by atoms with van der Waals surface area (Å²) in [5.74, 6) is 0.572. The predicted molar refractivity (Wildman–Crippen MR) is 38.2 cm³/mol. The Morgan fingerprint density at radius 2 is 2.00 bits per heavy atom. The first kappa shape index (κ1) is 8.25. The number of alkyl halides is 1. The maximum absolute atomic E-state index is 5.70. The maximum Gasteiger partial charge on any atom is 0.0310 e. The molecule has 50 valence electrons. The van der Waals surface area contributed by atoms with Crippen molar-refractivity contribution in [2.45, 2.75) is 25.6 Å². The van der Waals surface area contributed by atoms with E-state index in [1.54, 1.807) is 0 Å². The number of nitrogens with two attached hydrogens (primary N) is 1. The van der Waals surface area contributed by atoms with Crippen LogP contribution in [0.15, 0.2) is 0 Å². The molecule has 0 fully saturated rings. The van der Waals surface area contributed by atoms with E-state index < -0.39 is 0 Å². The van der Waals surface area contributed by atoms with Gasteiger partial charge in [-0.25, -0.2) is 0 Å². The molecular weight excluding hydrogens is 122 g/mol. The van der Waals surface area contributed by atoms with Gasteiger partial charge in [-0.15, -0.1) is 11.6 Å². The van der Waals surface area contributed by atoms with Crippen LogP contribution in [0.4, 0.5) is 0 Å². The van der Waals surface area contributed by atoms with Crippen LogP contribution in [0.2, 0.25) is 0 Å². The van der Waals surface area contributed by atoms with Crippen LogP contribution in [0, 0.1) is 5.92 Å². The van der Waals surface area contributed by atoms with E-state index in [0.717, 1.165) is 13.0 Å². The van der Waals surface area contributed by atoms with Crippen LogP contribution in [0.3, 0.4) is 0 Å². The van der Waals surface area contributed by atoms with Crippen LogP contribution in [0.5, 0.6) is 0 Å². The van der Waals surface area contributed by atoms with Crippen molar-refractivity contribution in [1.29, 1.82) is 0 Å². The van der Waals surface area contributed by atoms with Gasteiger partial charge in [0.2, 0.25) is 0 Å². The highest BCUT2D eigenvalue weighted by Gasteiger charge is 2.02. The third-order valence-electron chi connectivity index (χ3n) is 1.13. The zero-order valence-corrected chi connectivity index (χ0v) is 6.28. The first-order valence-corrected chi connectivity index (χ1v) is 3.44. The molecule has 2 N–H and O–H groups in total. The summed E-state index contributed by atoms with van der Waals surface area (Å²) >= 11 is 5.70. The smallest absolute Gasteiger partial charge is 0.0310 e. The molecule has 2 atom stereocenters. The topological polar surface area (TPSA) is 26.0 Å². The van der Waals surface area contributed by atoms with Crippen molar-refractivity contribution < 1.29 is 0 Å². The van der Waals surface area contributed by atoms with Gasteiger partial charge in [-0.3, -0.25) is 0 Å². The lowest BCUT2D eigenvalue weighted by molar-refractivity contribution is 0.540. The Labute approximate surface area is 56.2 Å². The molecule has 0 aliphatic heterocycles. The maximum atomic E-state index is 5.70. The molecule has 0 radical (unpaired) electrons. The average molecular weight is 136 g/mol. The molecule has 2 heteroatoms. The molecule has 0 amide bonds. The molecule has 0 saturated heterocycles. The minimum atomic E-state index is 0.272. The quantitative estimate of drug-likeness (QED) is 0.585. The van der Waals surface area contributed by atoms with Crippen molar-refractivity contribution in [1.82, 2.24) is 0 Å². The van der Waals surface area contributed by atoms with Crippen molar-refractivity contribution in [3.8, 4) is 0 Å². The molecule has 0 aromatic heterocycles. The summed E-state index contributed by atoms with van der Waals surface area (Å²) in [5, 5.41) is 0.272. The minimum Gasteiger partial charge on any atom is -0.330 e. The van der Waals surface area contributed by atoms with E-state index in [9.17, 15) is 0 Å². The monoisotopic (exact) mass is 135 g/mol. The number of rotatable bonds is 3. The fraction of sp³-hybridized carbons (Fsp3) is 1.00. The summed E-state index contributed by atoms with van der Waals surface area (Å²) < 4.78 is 0. The Balaban J connectivity index is 3.10. The van der Waals surface area contributed by atoms with E-state index in [1.807, 2.05) is 6.92 Å². The lowest BCUT2D eigenvalue weighted by Gasteiger charge is -2.07. The lowest BCUT2D eigenvalue weighted by atomic mass is 10.1. The van der Waals surface area contributed by atoms with Gasteiger partial charge < -0.3 is 5.73 Å². The zero-order valence-electron chi connectivity index (χ0n) is 5.52. The second-order valence-electron chi connectivity index (χ2n) is 2.36. The average Bonchev–Trinajstić information content (AvgIpc) is 1.65. The molecular formula is C6H14ClN. The van der Waals surface area contributed by atoms with Gasteiger partial charge in [-0.2, -0.15) is 0 Å². The Morgan fingerprint density at radius 3 is 2.12 bits per heavy atom. The predicted octanol–water partition coefficient (Wildman–Crippen LogP) is 1.60. The lowest BCUT2D eigenvalue weighted by Crippen LogP contribution is -2.13. The second kappa shape index (κ2) is 4.16. The SMILES string of the molecule is CC(Cl)CC(C)CN. The molecule has 0 aromatic rings. The van der Waals surface area contributed by atoms with Gasteiger partial charge in [-0.05, 0) is 25.8 Å². The van der Waals surface area contributed by atoms with Crippen LogP contribution in [-0.4, -0.2) is 11.9 Å². The van der Waals surface area contributed by atoms with Crippen LogP contribution in [-0.2, 0) is 0 Å². The second-order valence-corrected chi connectivity index (χ2v) is 3.10. The Morgan fingerprint density at radius 1 is 1.50 bits per heavy atom. The Kier molecular flexibility index (Phi) is 4.29. The minimum absolute atomic E-state index is 0.272. The van der Waals surface area contributed by atoms with Crippen LogP contribution < -0.4 is 5.73 Å². The summed E-state index contributed by atoms with van der Waals surface area (Å²) in [4.78, 5) is 0. The van der Waals surface area contributed by atoms with Gasteiger partial charge >= 0.3 is 0 Å². The first-order chi connectivity index (χ1) is 3.66. The zero-order chi connectivity index (χ0) is 6.57. The fourth-order valence-electron chi connectivity index (χ4n) is 0.651. The summed E-state index contributed by atoms with van der Waals surface area (Å²) in [7, 11) is 0. The molecule has 0 bridgehead atoms. The third-order valence-corrected chi connectivity index (χ3v) is 1.31. The summed E-state index contributed by atoms with van der Waals surface area (Å²) in [6, 6.07) is 0. The highest BCUT2D eigenvalue weighted by Crippen LogP contribution is 2.08. The van der Waals surface area contributed by atoms with Crippen molar-refractivity contribution in [2.24, 2.45) is 11.7 Å². The molecule has 8 heavy (non-hydrogen) atoms. The Bertz CT molecular complexity index is 54.5. The van der Waals surface area contributed by atoms with Crippen molar-refractivity contribution >= 4 is 11.6 Å². The molecule has 0 aliphatic rings. The highest BCUT2D eigenvalue weighted by atomic mass is 35.5. The van der Waals surface area contributed by atoms with Gasteiger partial charge in [0.15, 0.2) is 0 Å². The normalized spacial score (nSPS) is 18.0. The van der Waals surface area contributed by atoms with E-state index in [0.29, 0.717) is 5.92 Å². The number of hydrogen-bond acceptors (Lipinski definition) is 1. The van der Waals surface area contributed by atoms with Gasteiger partial charge in [0.25, 0.3) is 0 Å². The van der Waals surface area contributed by atoms with E-state index in [-0.39, 0.29) is 5.38 Å². The van der Waals surface area contributed by atoms with Crippen molar-refractivity contribution in [3.63, 3.8) is 0 Å². The molecule has 2 unspecified atom stereocenters. The number of hydrogen-bond donors (Lipinski definition) is 1. The van der Waals surface area contributed by atoms with E-state index in [2.05, 4.69) is 6.92 Å².